The molecule has 16 heavy (non-hydrogen) atoms. The van der Waals surface area contributed by atoms with Crippen molar-refractivity contribution in [2.45, 2.75) is 20.3 Å². The van der Waals surface area contributed by atoms with Gasteiger partial charge in [-0.15, -0.1) is 0 Å². The maximum Gasteiger partial charge on any atom is 0.359 e. The molecule has 0 amide bonds. The van der Waals surface area contributed by atoms with Crippen molar-refractivity contribution in [3.8, 4) is 0 Å². The smallest absolute Gasteiger partial charge is 0.306 e. The van der Waals surface area contributed by atoms with Gasteiger partial charge < -0.3 is 9.05 Å². The SMILES string of the molecule is CCOP(=O)(OCC)C1=C(Cl)C2C=CC1C2. The van der Waals surface area contributed by atoms with Gasteiger partial charge in [-0.3, -0.25) is 4.57 Å². The number of rotatable bonds is 5. The number of fused-ring (bicyclic) bond motifs is 2. The molecule has 0 radical (unpaired) electrons. The largest absolute Gasteiger partial charge is 0.359 e. The van der Waals surface area contributed by atoms with Crippen molar-refractivity contribution < 1.29 is 13.6 Å². The Labute approximate surface area is 101 Å². The predicted molar refractivity (Wildman–Crippen MR) is 64.5 cm³/mol. The summed E-state index contributed by atoms with van der Waals surface area (Å²) in [6.07, 6.45) is 5.04. The molecule has 5 heteroatoms. The van der Waals surface area contributed by atoms with E-state index in [0.717, 1.165) is 6.42 Å². The van der Waals surface area contributed by atoms with Crippen LogP contribution in [0.25, 0.3) is 0 Å². The summed E-state index contributed by atoms with van der Waals surface area (Å²) < 4.78 is 23.3. The second-order valence-electron chi connectivity index (χ2n) is 3.90. The third kappa shape index (κ3) is 1.91. The Hall–Kier alpha value is -0.0800. The summed E-state index contributed by atoms with van der Waals surface area (Å²) >= 11 is 6.23. The number of halogens is 1. The molecule has 2 atom stereocenters. The first-order valence-electron chi connectivity index (χ1n) is 5.60. The van der Waals surface area contributed by atoms with Gasteiger partial charge in [0.25, 0.3) is 0 Å². The van der Waals surface area contributed by atoms with Gasteiger partial charge in [0.2, 0.25) is 0 Å². The van der Waals surface area contributed by atoms with E-state index in [2.05, 4.69) is 12.2 Å². The zero-order chi connectivity index (χ0) is 11.8. The highest BCUT2D eigenvalue weighted by Crippen LogP contribution is 2.66. The topological polar surface area (TPSA) is 35.5 Å². The van der Waals surface area contributed by atoms with Gasteiger partial charge in [0.15, 0.2) is 0 Å². The molecule has 2 aliphatic carbocycles. The maximum absolute atomic E-state index is 12.6. The predicted octanol–water partition coefficient (Wildman–Crippen LogP) is 3.91. The molecule has 0 spiro atoms. The molecule has 2 unspecified atom stereocenters. The van der Waals surface area contributed by atoms with E-state index in [4.69, 9.17) is 20.6 Å². The number of allylic oxidation sites excluding steroid dienone is 4. The highest BCUT2D eigenvalue weighted by molar-refractivity contribution is 7.58. The molecule has 0 saturated heterocycles. The Balaban J connectivity index is 2.31. The van der Waals surface area contributed by atoms with Crippen molar-refractivity contribution in [1.29, 1.82) is 0 Å². The Morgan fingerprint density at radius 3 is 2.31 bits per heavy atom. The van der Waals surface area contributed by atoms with Crippen LogP contribution in [-0.2, 0) is 13.6 Å². The highest BCUT2D eigenvalue weighted by Gasteiger charge is 2.45. The van der Waals surface area contributed by atoms with Crippen LogP contribution in [0.2, 0.25) is 0 Å². The molecule has 90 valence electrons. The van der Waals surface area contributed by atoms with Gasteiger partial charge in [0, 0.05) is 16.9 Å². The number of hydrogen-bond donors (Lipinski definition) is 0. The summed E-state index contributed by atoms with van der Waals surface area (Å²) in [6.45, 7) is 4.35. The van der Waals surface area contributed by atoms with E-state index in [1.54, 1.807) is 0 Å². The van der Waals surface area contributed by atoms with Crippen LogP contribution in [0.3, 0.4) is 0 Å². The third-order valence-electron chi connectivity index (χ3n) is 2.90. The monoisotopic (exact) mass is 262 g/mol. The van der Waals surface area contributed by atoms with Gasteiger partial charge in [0.1, 0.15) is 0 Å². The molecule has 0 saturated carbocycles. The molecule has 3 nitrogen and oxygen atoms in total. The Kier molecular flexibility index (Phi) is 3.60. The van der Waals surface area contributed by atoms with Crippen LogP contribution in [0.1, 0.15) is 20.3 Å². The van der Waals surface area contributed by atoms with E-state index in [9.17, 15) is 4.57 Å². The van der Waals surface area contributed by atoms with Crippen LogP contribution in [0.4, 0.5) is 0 Å². The lowest BCUT2D eigenvalue weighted by Crippen LogP contribution is -2.04. The van der Waals surface area contributed by atoms with Crippen molar-refractivity contribution in [3.05, 3.63) is 22.5 Å². The van der Waals surface area contributed by atoms with E-state index in [-0.39, 0.29) is 11.8 Å². The summed E-state index contributed by atoms with van der Waals surface area (Å²) in [5, 5.41) is 1.35. The van der Waals surface area contributed by atoms with Crippen molar-refractivity contribution in [2.24, 2.45) is 11.8 Å². The zero-order valence-corrected chi connectivity index (χ0v) is 11.1. The third-order valence-corrected chi connectivity index (χ3v) is 5.87. The van der Waals surface area contributed by atoms with Gasteiger partial charge in [-0.25, -0.2) is 0 Å². The lowest BCUT2D eigenvalue weighted by molar-refractivity contribution is 0.224. The molecule has 0 fully saturated rings. The molecule has 0 heterocycles. The number of hydrogen-bond acceptors (Lipinski definition) is 3. The minimum Gasteiger partial charge on any atom is -0.306 e. The summed E-state index contributed by atoms with van der Waals surface area (Å²) in [5.74, 6) is 0.359. The normalized spacial score (nSPS) is 28.2. The second kappa shape index (κ2) is 4.66. The van der Waals surface area contributed by atoms with Crippen molar-refractivity contribution in [2.75, 3.05) is 13.2 Å². The highest BCUT2D eigenvalue weighted by atomic mass is 35.5. The Morgan fingerprint density at radius 1 is 1.31 bits per heavy atom. The van der Waals surface area contributed by atoms with E-state index in [1.807, 2.05) is 13.8 Å². The van der Waals surface area contributed by atoms with Crippen LogP contribution in [0.15, 0.2) is 22.5 Å². The average Bonchev–Trinajstić information content (AvgIpc) is 2.78. The minimum absolute atomic E-state index is 0.140. The first-order valence-corrected chi connectivity index (χ1v) is 7.52. The Bertz CT molecular complexity index is 379. The first kappa shape index (κ1) is 12.4. The summed E-state index contributed by atoms with van der Waals surface area (Å²) in [4.78, 5) is 0. The second-order valence-corrected chi connectivity index (χ2v) is 6.30. The molecule has 0 aliphatic heterocycles. The van der Waals surface area contributed by atoms with E-state index >= 15 is 0 Å². The van der Waals surface area contributed by atoms with E-state index in [0.29, 0.717) is 23.6 Å². The fourth-order valence-corrected chi connectivity index (χ4v) is 4.98. The van der Waals surface area contributed by atoms with Gasteiger partial charge in [-0.2, -0.15) is 0 Å². The molecule has 2 aliphatic rings. The van der Waals surface area contributed by atoms with E-state index in [1.165, 1.54) is 0 Å². The van der Waals surface area contributed by atoms with E-state index < -0.39 is 7.60 Å². The van der Waals surface area contributed by atoms with Gasteiger partial charge in [-0.1, -0.05) is 23.8 Å². The van der Waals surface area contributed by atoms with Gasteiger partial charge in [-0.05, 0) is 20.3 Å². The summed E-state index contributed by atoms with van der Waals surface area (Å²) in [5.41, 5.74) is 0. The van der Waals surface area contributed by atoms with Crippen LogP contribution in [-0.4, -0.2) is 13.2 Å². The van der Waals surface area contributed by atoms with Crippen LogP contribution in [0, 0.1) is 11.8 Å². The molecule has 0 aromatic carbocycles. The van der Waals surface area contributed by atoms with Crippen LogP contribution >= 0.6 is 19.2 Å². The lowest BCUT2D eigenvalue weighted by Gasteiger charge is -2.22. The molecule has 0 aromatic heterocycles. The van der Waals surface area contributed by atoms with Gasteiger partial charge in [0.05, 0.1) is 18.5 Å². The quantitative estimate of drug-likeness (QED) is 0.557. The summed E-state index contributed by atoms with van der Waals surface area (Å²) in [7, 11) is -3.17. The Morgan fingerprint density at radius 2 is 1.88 bits per heavy atom. The molecular weight excluding hydrogens is 247 g/mol. The van der Waals surface area contributed by atoms with Crippen molar-refractivity contribution in [1.82, 2.24) is 0 Å². The van der Waals surface area contributed by atoms with Gasteiger partial charge >= 0.3 is 7.60 Å². The van der Waals surface area contributed by atoms with Crippen LogP contribution < -0.4 is 0 Å². The lowest BCUT2D eigenvalue weighted by atomic mass is 10.2. The fourth-order valence-electron chi connectivity index (χ4n) is 2.31. The molecule has 2 bridgehead atoms. The average molecular weight is 263 g/mol. The maximum atomic E-state index is 12.6. The molecule has 2 rings (SSSR count). The standard InChI is InChI=1S/C11H16ClO3P/c1-3-14-16(13,15-4-2)11-9-6-5-8(7-9)10(11)12/h5-6,8-9H,3-4,7H2,1-2H3. The van der Waals surface area contributed by atoms with Crippen LogP contribution in [0.5, 0.6) is 0 Å². The minimum atomic E-state index is -3.17. The molecule has 0 aromatic rings. The molecular formula is C11H16ClO3P. The summed E-state index contributed by atoms with van der Waals surface area (Å²) in [6, 6.07) is 0. The van der Waals surface area contributed by atoms with Crippen molar-refractivity contribution >= 4 is 19.2 Å². The zero-order valence-electron chi connectivity index (χ0n) is 9.48. The molecule has 0 N–H and O–H groups in total. The van der Waals surface area contributed by atoms with Crippen molar-refractivity contribution in [3.63, 3.8) is 0 Å². The first-order chi connectivity index (χ1) is 7.62. The fraction of sp³-hybridized carbons (Fsp3) is 0.636.